The van der Waals surface area contributed by atoms with Crippen LogP contribution in [-0.2, 0) is 17.4 Å². The van der Waals surface area contributed by atoms with E-state index in [-0.39, 0.29) is 12.1 Å². The van der Waals surface area contributed by atoms with Crippen LogP contribution >= 0.6 is 0 Å². The second kappa shape index (κ2) is 12.4. The number of carbonyl (C=O) groups is 1. The van der Waals surface area contributed by atoms with E-state index in [2.05, 4.69) is 32.2 Å². The molecule has 2 aromatic heterocycles. The summed E-state index contributed by atoms with van der Waals surface area (Å²) in [7, 11) is 0. The van der Waals surface area contributed by atoms with Crippen LogP contribution in [0.4, 0.5) is 24.8 Å². The van der Waals surface area contributed by atoms with E-state index in [0.717, 1.165) is 28.5 Å². The van der Waals surface area contributed by atoms with E-state index in [4.69, 9.17) is 0 Å². The lowest BCUT2D eigenvalue weighted by Gasteiger charge is -2.10. The molecule has 6 nitrogen and oxygen atoms in total. The molecule has 1 aromatic carbocycles. The lowest BCUT2D eigenvalue weighted by atomic mass is 10.0. The minimum absolute atomic E-state index is 0.00556. The van der Waals surface area contributed by atoms with Crippen LogP contribution in [0, 0.1) is 0 Å². The molecule has 9 heteroatoms. The van der Waals surface area contributed by atoms with E-state index in [1.54, 1.807) is 30.6 Å². The zero-order valence-corrected chi connectivity index (χ0v) is 20.4. The van der Waals surface area contributed by atoms with Gasteiger partial charge in [-0.05, 0) is 42.7 Å². The Labute approximate surface area is 213 Å². The number of hydrogen-bond donors (Lipinski definition) is 2. The van der Waals surface area contributed by atoms with E-state index < -0.39 is 17.6 Å². The maximum Gasteiger partial charge on any atom is 0.417 e. The van der Waals surface area contributed by atoms with Gasteiger partial charge in [0.05, 0.1) is 23.9 Å². The number of amides is 1. The van der Waals surface area contributed by atoms with Gasteiger partial charge in [-0.15, -0.1) is 0 Å². The highest BCUT2D eigenvalue weighted by atomic mass is 19.4. The molecule has 2 heterocycles. The summed E-state index contributed by atoms with van der Waals surface area (Å²) in [6.07, 6.45) is 10.2. The molecule has 2 N–H and O–H groups in total. The Balaban J connectivity index is 1.62. The molecule has 1 amide bonds. The van der Waals surface area contributed by atoms with Crippen LogP contribution in [0.15, 0.2) is 103 Å². The largest absolute Gasteiger partial charge is 0.417 e. The molecule has 190 valence electrons. The molecule has 0 unspecified atom stereocenters. The van der Waals surface area contributed by atoms with E-state index in [1.165, 1.54) is 6.20 Å². The minimum atomic E-state index is -4.53. The molecule has 0 aliphatic heterocycles. The van der Waals surface area contributed by atoms with Crippen LogP contribution in [0.1, 0.15) is 25.0 Å². The Morgan fingerprint density at radius 3 is 2.32 bits per heavy atom. The summed E-state index contributed by atoms with van der Waals surface area (Å²) in [6, 6.07) is 8.04. The van der Waals surface area contributed by atoms with Gasteiger partial charge in [0.25, 0.3) is 0 Å². The molecule has 0 radical (unpaired) electrons. The van der Waals surface area contributed by atoms with Crippen molar-refractivity contribution in [2.75, 3.05) is 10.6 Å². The third kappa shape index (κ3) is 7.99. The summed E-state index contributed by atoms with van der Waals surface area (Å²) in [5.41, 5.74) is 3.16. The summed E-state index contributed by atoms with van der Waals surface area (Å²) in [6.45, 7) is 7.73. The van der Waals surface area contributed by atoms with E-state index in [0.29, 0.717) is 17.7 Å². The molecule has 0 bridgehead atoms. The fraction of sp³-hybridized carbons (Fsp3) is 0.143. The molecular weight excluding hydrogens is 479 g/mol. The van der Waals surface area contributed by atoms with Gasteiger partial charge in [0.15, 0.2) is 0 Å². The Morgan fingerprint density at radius 2 is 1.70 bits per heavy atom. The molecule has 37 heavy (non-hydrogen) atoms. The lowest BCUT2D eigenvalue weighted by molar-refractivity contribution is -0.137. The van der Waals surface area contributed by atoms with Gasteiger partial charge in [-0.2, -0.15) is 13.2 Å². The van der Waals surface area contributed by atoms with Crippen molar-refractivity contribution in [3.05, 3.63) is 114 Å². The molecule has 3 rings (SSSR count). The first-order valence-electron chi connectivity index (χ1n) is 11.3. The number of aromatic nitrogens is 3. The van der Waals surface area contributed by atoms with Crippen molar-refractivity contribution in [1.82, 2.24) is 15.0 Å². The smallest absolute Gasteiger partial charge is 0.324 e. The predicted octanol–water partition coefficient (Wildman–Crippen LogP) is 6.74. The van der Waals surface area contributed by atoms with Crippen molar-refractivity contribution in [2.45, 2.75) is 26.4 Å². The predicted molar refractivity (Wildman–Crippen MR) is 140 cm³/mol. The molecule has 0 aliphatic carbocycles. The Kier molecular flexibility index (Phi) is 9.10. The van der Waals surface area contributed by atoms with Crippen LogP contribution < -0.4 is 10.6 Å². The second-order valence-corrected chi connectivity index (χ2v) is 7.99. The molecule has 0 spiro atoms. The number of rotatable bonds is 9. The summed E-state index contributed by atoms with van der Waals surface area (Å²) >= 11 is 0. The van der Waals surface area contributed by atoms with Crippen LogP contribution in [-0.4, -0.2) is 20.9 Å². The first kappa shape index (κ1) is 27.1. The number of anilines is 2. The van der Waals surface area contributed by atoms with E-state index >= 15 is 0 Å². The second-order valence-electron chi connectivity index (χ2n) is 7.99. The fourth-order valence-electron chi connectivity index (χ4n) is 3.24. The number of halogens is 3. The van der Waals surface area contributed by atoms with Gasteiger partial charge in [-0.3, -0.25) is 9.78 Å². The number of nitrogens with zero attached hydrogens (tertiary/aromatic N) is 3. The van der Waals surface area contributed by atoms with Gasteiger partial charge in [0.1, 0.15) is 0 Å². The number of pyridine rings is 1. The van der Waals surface area contributed by atoms with Crippen molar-refractivity contribution in [2.24, 2.45) is 0 Å². The number of hydrogen-bond acceptors (Lipinski definition) is 5. The third-order valence-electron chi connectivity index (χ3n) is 5.18. The molecule has 3 aromatic rings. The van der Waals surface area contributed by atoms with Gasteiger partial charge in [0, 0.05) is 29.9 Å². The van der Waals surface area contributed by atoms with Crippen molar-refractivity contribution in [1.29, 1.82) is 0 Å². The fourth-order valence-corrected chi connectivity index (χ4v) is 3.24. The standard InChI is InChI=1S/C28H26F3N5O/c1-4-6-7-8-19(3)25(5-2)36-27-33-15-22(16-34-27)21-11-9-20(10-12-21)13-26(37)35-24-14-23(17-32-18-24)28(29,30)31/h4-12,14-18H,2,13H2,1,3H3,(H,35,37)(H,33,34,36)/b6-4-,8-7-,25-19-. The van der Waals surface area contributed by atoms with Gasteiger partial charge in [0.2, 0.25) is 11.9 Å². The maximum atomic E-state index is 12.8. The topological polar surface area (TPSA) is 79.8 Å². The van der Waals surface area contributed by atoms with Crippen molar-refractivity contribution in [3.8, 4) is 11.1 Å². The normalized spacial score (nSPS) is 12.5. The summed E-state index contributed by atoms with van der Waals surface area (Å²) in [4.78, 5) is 24.6. The molecular formula is C28H26F3N5O. The molecule has 0 aliphatic rings. The Hall–Kier alpha value is -4.53. The maximum absolute atomic E-state index is 12.8. The van der Waals surface area contributed by atoms with E-state index in [9.17, 15) is 18.0 Å². The number of nitrogens with one attached hydrogen (secondary N) is 2. The number of allylic oxidation sites excluding steroid dienone is 6. The highest BCUT2D eigenvalue weighted by Gasteiger charge is 2.31. The zero-order chi connectivity index (χ0) is 26.8. The van der Waals surface area contributed by atoms with Crippen LogP contribution in [0.25, 0.3) is 11.1 Å². The van der Waals surface area contributed by atoms with Gasteiger partial charge in [-0.25, -0.2) is 9.97 Å². The summed E-state index contributed by atoms with van der Waals surface area (Å²) in [5, 5.41) is 5.60. The van der Waals surface area contributed by atoms with Crippen molar-refractivity contribution >= 4 is 17.5 Å². The first-order valence-corrected chi connectivity index (χ1v) is 11.3. The Bertz CT molecular complexity index is 1330. The summed E-state index contributed by atoms with van der Waals surface area (Å²) in [5.74, 6) is -0.0237. The van der Waals surface area contributed by atoms with Crippen LogP contribution in [0.5, 0.6) is 0 Å². The van der Waals surface area contributed by atoms with Crippen LogP contribution in [0.3, 0.4) is 0 Å². The SMILES string of the molecule is C=C/C(Nc1ncc(-c2ccc(CC(=O)Nc3cncc(C(F)(F)F)c3)cc2)cn1)=C(C)/C=C\C=C/C. The monoisotopic (exact) mass is 505 g/mol. The van der Waals surface area contributed by atoms with Crippen molar-refractivity contribution < 1.29 is 18.0 Å². The van der Waals surface area contributed by atoms with E-state index in [1.807, 2.05) is 50.3 Å². The number of alkyl halides is 3. The third-order valence-corrected chi connectivity index (χ3v) is 5.18. The zero-order valence-electron chi connectivity index (χ0n) is 20.4. The van der Waals surface area contributed by atoms with Crippen LogP contribution in [0.2, 0.25) is 0 Å². The van der Waals surface area contributed by atoms with Crippen molar-refractivity contribution in [3.63, 3.8) is 0 Å². The summed E-state index contributed by atoms with van der Waals surface area (Å²) < 4.78 is 38.5. The highest BCUT2D eigenvalue weighted by Crippen LogP contribution is 2.30. The molecule has 0 atom stereocenters. The highest BCUT2D eigenvalue weighted by molar-refractivity contribution is 5.92. The average molecular weight is 506 g/mol. The van der Waals surface area contributed by atoms with Gasteiger partial charge < -0.3 is 10.6 Å². The molecule has 0 saturated carbocycles. The van der Waals surface area contributed by atoms with Gasteiger partial charge >= 0.3 is 6.18 Å². The number of benzene rings is 1. The minimum Gasteiger partial charge on any atom is -0.324 e. The quantitative estimate of drug-likeness (QED) is 0.315. The average Bonchev–Trinajstić information content (AvgIpc) is 2.88. The lowest BCUT2D eigenvalue weighted by Crippen LogP contribution is -2.15. The molecule has 0 saturated heterocycles. The Morgan fingerprint density at radius 1 is 1.00 bits per heavy atom. The number of carbonyl (C=O) groups excluding carboxylic acids is 1. The first-order chi connectivity index (χ1) is 17.7. The molecule has 0 fully saturated rings. The van der Waals surface area contributed by atoms with Gasteiger partial charge in [-0.1, -0.05) is 55.1 Å².